The highest BCUT2D eigenvalue weighted by Crippen LogP contribution is 2.40. The SMILES string of the molecule is O=C(OC1C[N+]2(CCCOc3ccccc3O)CCC1CC2)C(O)(c1cccs1)c1cccs1. The number of piperidine rings is 3. The number of fused-ring (bicyclic) bond motifs is 3. The maximum Gasteiger partial charge on any atom is 0.349 e. The molecule has 6 rings (SSSR count). The summed E-state index contributed by atoms with van der Waals surface area (Å²) in [5.41, 5.74) is -1.76. The van der Waals surface area contributed by atoms with Gasteiger partial charge in [0.05, 0.1) is 36.0 Å². The van der Waals surface area contributed by atoms with Crippen LogP contribution in [0.2, 0.25) is 0 Å². The predicted octanol–water partition coefficient (Wildman–Crippen LogP) is 4.37. The number of thiophene rings is 2. The molecule has 8 heteroatoms. The first-order valence-corrected chi connectivity index (χ1v) is 13.5. The molecule has 0 amide bonds. The highest BCUT2D eigenvalue weighted by atomic mass is 32.1. The molecule has 3 aliphatic heterocycles. The molecule has 0 saturated carbocycles. The van der Waals surface area contributed by atoms with Crippen molar-refractivity contribution in [2.45, 2.75) is 31.0 Å². The van der Waals surface area contributed by atoms with Crippen molar-refractivity contribution in [3.05, 3.63) is 69.0 Å². The zero-order valence-electron chi connectivity index (χ0n) is 19.0. The Bertz CT molecular complexity index is 1060. The molecule has 180 valence electrons. The summed E-state index contributed by atoms with van der Waals surface area (Å²) in [6, 6.07) is 14.3. The van der Waals surface area contributed by atoms with Crippen molar-refractivity contribution in [1.82, 2.24) is 0 Å². The fourth-order valence-corrected chi connectivity index (χ4v) is 7.06. The van der Waals surface area contributed by atoms with Crippen LogP contribution in [0.4, 0.5) is 0 Å². The Morgan fingerprint density at radius 3 is 2.32 bits per heavy atom. The van der Waals surface area contributed by atoms with Crippen molar-refractivity contribution < 1.29 is 29.0 Å². The van der Waals surface area contributed by atoms with Crippen molar-refractivity contribution in [3.8, 4) is 11.5 Å². The van der Waals surface area contributed by atoms with E-state index in [1.807, 2.05) is 29.0 Å². The fourth-order valence-electron chi connectivity index (χ4n) is 5.34. The lowest BCUT2D eigenvalue weighted by molar-refractivity contribution is -0.946. The lowest BCUT2D eigenvalue weighted by Gasteiger charge is -2.52. The molecule has 1 unspecified atom stereocenters. The highest BCUT2D eigenvalue weighted by molar-refractivity contribution is 7.12. The van der Waals surface area contributed by atoms with Gasteiger partial charge >= 0.3 is 5.97 Å². The Morgan fingerprint density at radius 1 is 1.03 bits per heavy atom. The van der Waals surface area contributed by atoms with Crippen molar-refractivity contribution in [2.24, 2.45) is 5.92 Å². The molecular formula is C26H30NO5S2+. The van der Waals surface area contributed by atoms with E-state index >= 15 is 0 Å². The van der Waals surface area contributed by atoms with E-state index in [2.05, 4.69) is 0 Å². The van der Waals surface area contributed by atoms with Gasteiger partial charge in [0.2, 0.25) is 5.60 Å². The van der Waals surface area contributed by atoms with Gasteiger partial charge in [-0.1, -0.05) is 24.3 Å². The molecule has 3 aliphatic rings. The first-order valence-electron chi connectivity index (χ1n) is 11.8. The van der Waals surface area contributed by atoms with E-state index in [1.165, 1.54) is 22.7 Å². The van der Waals surface area contributed by atoms with Gasteiger partial charge in [-0.25, -0.2) is 4.79 Å². The van der Waals surface area contributed by atoms with Crippen LogP contribution in [0.5, 0.6) is 11.5 Å². The number of aromatic hydroxyl groups is 1. The van der Waals surface area contributed by atoms with Gasteiger partial charge in [-0.3, -0.25) is 0 Å². The average molecular weight is 501 g/mol. The maximum absolute atomic E-state index is 13.5. The second kappa shape index (κ2) is 9.70. The number of carbonyl (C=O) groups is 1. The molecule has 6 nitrogen and oxygen atoms in total. The van der Waals surface area contributed by atoms with Crippen LogP contribution in [0.25, 0.3) is 0 Å². The number of carbonyl (C=O) groups excluding carboxylic acids is 1. The van der Waals surface area contributed by atoms with Gasteiger partial charge in [0.1, 0.15) is 6.54 Å². The Hall–Kier alpha value is -2.39. The lowest BCUT2D eigenvalue weighted by Crippen LogP contribution is -2.65. The van der Waals surface area contributed by atoms with Crippen molar-refractivity contribution in [2.75, 3.05) is 32.8 Å². The molecule has 3 saturated heterocycles. The summed E-state index contributed by atoms with van der Waals surface area (Å²) in [6.07, 6.45) is 2.71. The van der Waals surface area contributed by atoms with Crippen molar-refractivity contribution in [1.29, 1.82) is 0 Å². The van der Waals surface area contributed by atoms with Gasteiger partial charge < -0.3 is 24.2 Å². The number of nitrogens with zero attached hydrogens (tertiary/aromatic N) is 1. The minimum Gasteiger partial charge on any atom is -0.504 e. The molecule has 0 radical (unpaired) electrons. The number of phenols is 1. The number of hydrogen-bond acceptors (Lipinski definition) is 7. The molecule has 1 atom stereocenters. The van der Waals surface area contributed by atoms with Crippen LogP contribution in [-0.4, -0.2) is 59.6 Å². The third-order valence-electron chi connectivity index (χ3n) is 7.25. The summed E-state index contributed by atoms with van der Waals surface area (Å²) in [7, 11) is 0. The number of esters is 1. The van der Waals surface area contributed by atoms with E-state index in [0.717, 1.165) is 49.9 Å². The largest absolute Gasteiger partial charge is 0.504 e. The molecule has 2 N–H and O–H groups in total. The smallest absolute Gasteiger partial charge is 0.349 e. The third-order valence-corrected chi connectivity index (χ3v) is 9.21. The molecule has 0 spiro atoms. The van der Waals surface area contributed by atoms with Crippen LogP contribution in [-0.2, 0) is 15.1 Å². The first-order chi connectivity index (χ1) is 16.5. The molecule has 3 aromatic rings. The lowest BCUT2D eigenvalue weighted by atomic mass is 9.83. The van der Waals surface area contributed by atoms with Gasteiger partial charge in [0, 0.05) is 25.2 Å². The molecular weight excluding hydrogens is 470 g/mol. The van der Waals surface area contributed by atoms with E-state index in [9.17, 15) is 15.0 Å². The molecule has 2 aromatic heterocycles. The number of phenolic OH excluding ortho intramolecular Hbond substituents is 1. The van der Waals surface area contributed by atoms with Gasteiger partial charge in [-0.15, -0.1) is 22.7 Å². The van der Waals surface area contributed by atoms with Gasteiger partial charge in [-0.2, -0.15) is 0 Å². The first kappa shape index (κ1) is 23.4. The van der Waals surface area contributed by atoms with Crippen LogP contribution in [0.3, 0.4) is 0 Å². The van der Waals surface area contributed by atoms with Crippen molar-refractivity contribution in [3.63, 3.8) is 0 Å². The summed E-state index contributed by atoms with van der Waals surface area (Å²) < 4.78 is 12.8. The van der Waals surface area contributed by atoms with Crippen LogP contribution in [0.1, 0.15) is 29.0 Å². The summed E-state index contributed by atoms with van der Waals surface area (Å²) >= 11 is 2.73. The Labute approximate surface area is 207 Å². The zero-order valence-corrected chi connectivity index (χ0v) is 20.6. The minimum absolute atomic E-state index is 0.157. The Kier molecular flexibility index (Phi) is 6.66. The van der Waals surface area contributed by atoms with Crippen LogP contribution in [0.15, 0.2) is 59.3 Å². The fraction of sp³-hybridized carbons (Fsp3) is 0.423. The minimum atomic E-state index is -1.76. The summed E-state index contributed by atoms with van der Waals surface area (Å²) in [5.74, 6) is 0.437. The maximum atomic E-state index is 13.5. The second-order valence-electron chi connectivity index (χ2n) is 9.31. The number of benzene rings is 1. The monoisotopic (exact) mass is 500 g/mol. The number of rotatable bonds is 9. The van der Waals surface area contributed by atoms with Crippen LogP contribution in [0, 0.1) is 5.92 Å². The number of ether oxygens (including phenoxy) is 2. The second-order valence-corrected chi connectivity index (χ2v) is 11.2. The van der Waals surface area contributed by atoms with E-state index in [4.69, 9.17) is 9.47 Å². The molecule has 3 fully saturated rings. The van der Waals surface area contributed by atoms with E-state index in [-0.39, 0.29) is 11.9 Å². The predicted molar refractivity (Wildman–Crippen MR) is 132 cm³/mol. The zero-order chi connectivity index (χ0) is 23.6. The van der Waals surface area contributed by atoms with E-state index < -0.39 is 11.6 Å². The number of aliphatic hydroxyl groups is 1. The van der Waals surface area contributed by atoms with E-state index in [1.54, 1.807) is 30.3 Å². The van der Waals surface area contributed by atoms with Crippen LogP contribution < -0.4 is 4.74 Å². The quantitative estimate of drug-likeness (QED) is 0.259. The number of para-hydroxylation sites is 2. The summed E-state index contributed by atoms with van der Waals surface area (Å²) in [6.45, 7) is 4.40. The molecule has 5 heterocycles. The Balaban J connectivity index is 1.23. The van der Waals surface area contributed by atoms with Crippen molar-refractivity contribution >= 4 is 28.6 Å². The molecule has 2 bridgehead atoms. The highest BCUT2D eigenvalue weighted by Gasteiger charge is 2.51. The molecule has 1 aromatic carbocycles. The number of hydrogen-bond donors (Lipinski definition) is 2. The van der Waals surface area contributed by atoms with Gasteiger partial charge in [-0.05, 0) is 35.0 Å². The van der Waals surface area contributed by atoms with Gasteiger partial charge in [0.15, 0.2) is 17.6 Å². The van der Waals surface area contributed by atoms with Crippen LogP contribution >= 0.6 is 22.7 Å². The Morgan fingerprint density at radius 2 is 1.71 bits per heavy atom. The normalized spacial score (nSPS) is 24.1. The number of quaternary nitrogens is 1. The summed E-state index contributed by atoms with van der Waals surface area (Å²) in [4.78, 5) is 14.6. The molecule has 34 heavy (non-hydrogen) atoms. The topological polar surface area (TPSA) is 76.0 Å². The summed E-state index contributed by atoms with van der Waals surface area (Å²) in [5, 5.41) is 25.2. The average Bonchev–Trinajstić information content (AvgIpc) is 3.58. The third kappa shape index (κ3) is 4.47. The molecule has 0 aliphatic carbocycles. The van der Waals surface area contributed by atoms with E-state index in [0.29, 0.717) is 28.0 Å². The van der Waals surface area contributed by atoms with Gasteiger partial charge in [0.25, 0.3) is 0 Å². The standard InChI is InChI=1S/C26H29NO5S2/c28-20-6-1-2-7-21(20)31-15-5-12-27-13-10-19(11-14-27)22(18-27)32-25(29)26(30,23-8-3-16-33-23)24-9-4-17-34-24/h1-4,6-9,16-17,19,22,30H,5,10-15,18H2/p+1.